The van der Waals surface area contributed by atoms with Crippen LogP contribution >= 0.6 is 0 Å². The number of alkyl carbamates (subject to hydrolysis) is 1. The molecule has 3 heterocycles. The number of hydrogen-bond acceptors (Lipinski definition) is 6. The van der Waals surface area contributed by atoms with Crippen molar-refractivity contribution in [3.05, 3.63) is 11.8 Å². The Morgan fingerprint density at radius 1 is 1.44 bits per heavy atom. The molecule has 2 aliphatic heterocycles. The number of anilines is 2. The molecule has 1 atom stereocenters. The molecule has 7 nitrogen and oxygen atoms in total. The van der Waals surface area contributed by atoms with E-state index in [2.05, 4.69) is 20.2 Å². The molecule has 25 heavy (non-hydrogen) atoms. The highest BCUT2D eigenvalue weighted by Crippen LogP contribution is 2.37. The van der Waals surface area contributed by atoms with Crippen LogP contribution in [0.15, 0.2) is 11.2 Å². The van der Waals surface area contributed by atoms with Gasteiger partial charge in [-0.25, -0.2) is 14.8 Å². The van der Waals surface area contributed by atoms with Crippen LogP contribution in [0.5, 0.6) is 0 Å². The summed E-state index contributed by atoms with van der Waals surface area (Å²) in [5, 5.41) is 2.99. The van der Waals surface area contributed by atoms with Gasteiger partial charge in [0, 0.05) is 30.9 Å². The van der Waals surface area contributed by atoms with Gasteiger partial charge < -0.3 is 20.7 Å². The van der Waals surface area contributed by atoms with Crippen LogP contribution in [0.3, 0.4) is 0 Å². The monoisotopic (exact) mass is 345 g/mol. The zero-order chi connectivity index (χ0) is 18.0. The molecule has 0 saturated carbocycles. The minimum Gasteiger partial charge on any atom is -0.444 e. The van der Waals surface area contributed by atoms with Gasteiger partial charge in [-0.15, -0.1) is 0 Å². The number of nitrogens with two attached hydrogens (primary N) is 1. The lowest BCUT2D eigenvalue weighted by Crippen LogP contribution is -2.49. The second-order valence-corrected chi connectivity index (χ2v) is 7.65. The quantitative estimate of drug-likeness (QED) is 0.860. The molecule has 0 bridgehead atoms. The van der Waals surface area contributed by atoms with E-state index in [-0.39, 0.29) is 12.1 Å². The smallest absolute Gasteiger partial charge is 0.407 e. The number of piperidine rings is 1. The Bertz CT molecular complexity index is 681. The van der Waals surface area contributed by atoms with Crippen LogP contribution in [0.25, 0.3) is 0 Å². The molecule has 0 aliphatic carbocycles. The molecule has 0 radical (unpaired) electrons. The third-order valence-electron chi connectivity index (χ3n) is 4.35. The summed E-state index contributed by atoms with van der Waals surface area (Å²) < 4.78 is 5.37. The Morgan fingerprint density at radius 3 is 3.00 bits per heavy atom. The topological polar surface area (TPSA) is 92.8 Å². The van der Waals surface area contributed by atoms with Gasteiger partial charge in [-0.3, -0.25) is 0 Å². The Kier molecular flexibility index (Phi) is 4.83. The second-order valence-electron chi connectivity index (χ2n) is 7.65. The van der Waals surface area contributed by atoms with Crippen molar-refractivity contribution in [2.45, 2.75) is 58.1 Å². The summed E-state index contributed by atoms with van der Waals surface area (Å²) in [7, 11) is 0. The van der Waals surface area contributed by atoms with E-state index in [1.165, 1.54) is 0 Å². The van der Waals surface area contributed by atoms with Crippen LogP contribution in [0.2, 0.25) is 0 Å². The minimum absolute atomic E-state index is 0.0407. The Morgan fingerprint density at radius 2 is 2.24 bits per heavy atom. The van der Waals surface area contributed by atoms with Crippen LogP contribution < -0.4 is 16.0 Å². The van der Waals surface area contributed by atoms with Gasteiger partial charge in [0.1, 0.15) is 5.60 Å². The van der Waals surface area contributed by atoms with Crippen molar-refractivity contribution in [1.82, 2.24) is 10.3 Å². The molecule has 1 aromatic rings. The number of pyridine rings is 1. The van der Waals surface area contributed by atoms with Crippen molar-refractivity contribution in [3.8, 4) is 0 Å². The zero-order valence-electron chi connectivity index (χ0n) is 15.2. The maximum absolute atomic E-state index is 12.1. The molecule has 3 N–H and O–H groups in total. The van der Waals surface area contributed by atoms with Crippen molar-refractivity contribution in [2.75, 3.05) is 23.7 Å². The van der Waals surface area contributed by atoms with E-state index in [9.17, 15) is 4.79 Å². The van der Waals surface area contributed by atoms with Gasteiger partial charge in [0.05, 0.1) is 17.6 Å². The third kappa shape index (κ3) is 4.21. The molecule has 0 spiro atoms. The normalized spacial score (nSPS) is 20.1. The molecule has 136 valence electrons. The number of ether oxygens (including phenoxy) is 1. The average molecular weight is 345 g/mol. The lowest BCUT2D eigenvalue weighted by molar-refractivity contribution is 0.0500. The summed E-state index contributed by atoms with van der Waals surface area (Å²) in [6.45, 7) is 7.22. The van der Waals surface area contributed by atoms with Crippen molar-refractivity contribution in [3.63, 3.8) is 0 Å². The third-order valence-corrected chi connectivity index (χ3v) is 4.35. The number of aromatic nitrogens is 1. The number of rotatable bonds is 2. The van der Waals surface area contributed by atoms with Crippen LogP contribution in [0.1, 0.15) is 45.6 Å². The summed E-state index contributed by atoms with van der Waals surface area (Å²) in [5.41, 5.74) is 8.55. The van der Waals surface area contributed by atoms with Crippen LogP contribution in [0, 0.1) is 0 Å². The second kappa shape index (κ2) is 6.90. The lowest BCUT2D eigenvalue weighted by atomic mass is 10.0. The van der Waals surface area contributed by atoms with E-state index >= 15 is 0 Å². The number of nitrogen functional groups attached to an aromatic ring is 1. The summed E-state index contributed by atoms with van der Waals surface area (Å²) in [5.74, 6) is 0.762. The van der Waals surface area contributed by atoms with Crippen LogP contribution in [-0.4, -0.2) is 42.0 Å². The molecule has 3 rings (SSSR count). The first-order chi connectivity index (χ1) is 11.8. The number of carbonyl (C=O) groups excluding carboxylic acids is 1. The fourth-order valence-corrected chi connectivity index (χ4v) is 3.40. The first-order valence-electron chi connectivity index (χ1n) is 8.88. The first-order valence-corrected chi connectivity index (χ1v) is 8.88. The van der Waals surface area contributed by atoms with Crippen molar-refractivity contribution in [2.24, 2.45) is 4.99 Å². The number of amides is 1. The van der Waals surface area contributed by atoms with Gasteiger partial charge in [-0.2, -0.15) is 0 Å². The summed E-state index contributed by atoms with van der Waals surface area (Å²) in [6.07, 6.45) is 6.93. The van der Waals surface area contributed by atoms with E-state index in [4.69, 9.17) is 10.5 Å². The summed E-state index contributed by atoms with van der Waals surface area (Å²) >= 11 is 0. The molecular weight excluding hydrogens is 318 g/mol. The average Bonchev–Trinajstić information content (AvgIpc) is 2.53. The van der Waals surface area contributed by atoms with Gasteiger partial charge in [-0.1, -0.05) is 0 Å². The first kappa shape index (κ1) is 17.5. The number of fused-ring (bicyclic) bond motifs is 1. The predicted octanol–water partition coefficient (Wildman–Crippen LogP) is 2.81. The van der Waals surface area contributed by atoms with E-state index in [1.807, 2.05) is 27.0 Å². The van der Waals surface area contributed by atoms with Crippen molar-refractivity contribution in [1.29, 1.82) is 0 Å². The predicted molar refractivity (Wildman–Crippen MR) is 99.7 cm³/mol. The maximum atomic E-state index is 12.1. The van der Waals surface area contributed by atoms with Gasteiger partial charge >= 0.3 is 6.09 Å². The highest BCUT2D eigenvalue weighted by atomic mass is 16.6. The highest BCUT2D eigenvalue weighted by Gasteiger charge is 2.27. The van der Waals surface area contributed by atoms with Crippen LogP contribution in [0.4, 0.5) is 22.0 Å². The fraction of sp³-hybridized carbons (Fsp3) is 0.611. The largest absolute Gasteiger partial charge is 0.444 e. The minimum atomic E-state index is -0.495. The lowest BCUT2D eigenvalue weighted by Gasteiger charge is -2.37. The summed E-state index contributed by atoms with van der Waals surface area (Å²) in [6, 6.07) is 0.0407. The van der Waals surface area contributed by atoms with Gasteiger partial charge in [0.15, 0.2) is 5.82 Å². The maximum Gasteiger partial charge on any atom is 0.407 e. The van der Waals surface area contributed by atoms with Crippen molar-refractivity contribution >= 4 is 29.5 Å². The number of carbonyl (C=O) groups is 1. The van der Waals surface area contributed by atoms with Gasteiger partial charge in [0.2, 0.25) is 0 Å². The summed E-state index contributed by atoms with van der Waals surface area (Å²) in [4.78, 5) is 23.0. The van der Waals surface area contributed by atoms with Gasteiger partial charge in [0.25, 0.3) is 0 Å². The number of aliphatic imine (C=N–C) groups is 1. The Labute approximate surface area is 148 Å². The Hall–Kier alpha value is -2.31. The number of hydrogen-bond donors (Lipinski definition) is 2. The molecule has 1 saturated heterocycles. The SMILES string of the molecule is CC(C)(C)OC(=O)N[C@H]1CCCN(c2c(N)cnc3c2CCC=N3)C1. The van der Waals surface area contributed by atoms with E-state index in [1.54, 1.807) is 6.20 Å². The number of nitrogens with one attached hydrogen (secondary N) is 1. The van der Waals surface area contributed by atoms with E-state index in [0.29, 0.717) is 12.2 Å². The standard InChI is InChI=1S/C18H27N5O2/c1-18(2,3)25-17(24)22-12-6-5-9-23(11-12)15-13-7-4-8-20-16(13)21-10-14(15)19/h8,10,12H,4-7,9,11,19H2,1-3H3,(H,22,24)/t12-/m0/s1. The van der Waals surface area contributed by atoms with E-state index in [0.717, 1.165) is 49.3 Å². The fourth-order valence-electron chi connectivity index (χ4n) is 3.40. The molecule has 1 fully saturated rings. The van der Waals surface area contributed by atoms with Crippen molar-refractivity contribution < 1.29 is 9.53 Å². The van der Waals surface area contributed by atoms with E-state index < -0.39 is 5.60 Å². The number of nitrogens with zero attached hydrogens (tertiary/aromatic N) is 3. The molecule has 2 aliphatic rings. The van der Waals surface area contributed by atoms with Crippen LogP contribution in [-0.2, 0) is 11.2 Å². The molecule has 1 aromatic heterocycles. The molecule has 1 amide bonds. The Balaban J connectivity index is 1.74. The zero-order valence-corrected chi connectivity index (χ0v) is 15.2. The molecule has 0 unspecified atom stereocenters. The highest BCUT2D eigenvalue weighted by molar-refractivity contribution is 5.79. The molecule has 7 heteroatoms. The van der Waals surface area contributed by atoms with Gasteiger partial charge in [-0.05, 0) is 46.5 Å². The molecule has 0 aromatic carbocycles. The molecular formula is C18H27N5O2.